The van der Waals surface area contributed by atoms with E-state index in [9.17, 15) is 9.90 Å². The van der Waals surface area contributed by atoms with Gasteiger partial charge in [0.2, 0.25) is 0 Å². The molecule has 0 N–H and O–H groups in total. The Balaban J connectivity index is 0.000000490. The number of aliphatic carboxylic acids is 1. The van der Waals surface area contributed by atoms with Crippen LogP contribution in [0, 0.1) is 0 Å². The second kappa shape index (κ2) is 3.79. The molecule has 0 fully saturated rings. The van der Waals surface area contributed by atoms with Crippen LogP contribution in [-0.2, 0) is 4.79 Å². The minimum absolute atomic E-state index is 0. The van der Waals surface area contributed by atoms with E-state index in [1.165, 1.54) is 0 Å². The molecule has 0 aromatic rings. The van der Waals surface area contributed by atoms with Crippen LogP contribution in [0.1, 0.15) is 12.8 Å². The second-order valence-electron chi connectivity index (χ2n) is 1.56. The summed E-state index contributed by atoms with van der Waals surface area (Å²) >= 11 is 0. The van der Waals surface area contributed by atoms with Crippen LogP contribution in [0.2, 0.25) is 0 Å². The molecule has 1 aliphatic carbocycles. The Morgan fingerprint density at radius 2 is 2.25 bits per heavy atom. The SMILES string of the molecule is O=C([O-])C1=CCC1.[K+]. The van der Waals surface area contributed by atoms with Gasteiger partial charge in [-0.1, -0.05) is 6.08 Å². The molecule has 0 aromatic heterocycles. The Hall–Kier alpha value is 0.846. The van der Waals surface area contributed by atoms with E-state index < -0.39 is 5.97 Å². The van der Waals surface area contributed by atoms with E-state index in [0.29, 0.717) is 12.0 Å². The summed E-state index contributed by atoms with van der Waals surface area (Å²) < 4.78 is 0. The molecule has 0 bridgehead atoms. The summed E-state index contributed by atoms with van der Waals surface area (Å²) in [6, 6.07) is 0. The van der Waals surface area contributed by atoms with E-state index in [1.807, 2.05) is 0 Å². The van der Waals surface area contributed by atoms with Crippen LogP contribution in [0.3, 0.4) is 0 Å². The first kappa shape index (κ1) is 8.85. The number of rotatable bonds is 1. The number of hydrogen-bond donors (Lipinski definition) is 0. The van der Waals surface area contributed by atoms with Gasteiger partial charge >= 0.3 is 51.4 Å². The molecule has 3 heteroatoms. The fourth-order valence-electron chi connectivity index (χ4n) is 0.474. The minimum atomic E-state index is -1.01. The molecule has 0 aliphatic heterocycles. The van der Waals surface area contributed by atoms with Gasteiger partial charge in [0.15, 0.2) is 0 Å². The molecule has 1 rings (SSSR count). The van der Waals surface area contributed by atoms with E-state index in [-0.39, 0.29) is 51.4 Å². The normalized spacial score (nSPS) is 15.2. The van der Waals surface area contributed by atoms with Crippen molar-refractivity contribution in [3.8, 4) is 0 Å². The first-order valence-electron chi connectivity index (χ1n) is 2.21. The predicted octanol–water partition coefficient (Wildman–Crippen LogP) is -3.54. The maximum Gasteiger partial charge on any atom is 1.00 e. The van der Waals surface area contributed by atoms with Crippen molar-refractivity contribution in [2.75, 3.05) is 0 Å². The first-order valence-corrected chi connectivity index (χ1v) is 2.21. The summed E-state index contributed by atoms with van der Waals surface area (Å²) in [5.41, 5.74) is 0.458. The van der Waals surface area contributed by atoms with Gasteiger partial charge in [-0.15, -0.1) is 0 Å². The quantitative estimate of drug-likeness (QED) is 0.350. The van der Waals surface area contributed by atoms with Gasteiger partial charge in [-0.3, -0.25) is 0 Å². The minimum Gasteiger partial charge on any atom is -0.545 e. The molecule has 0 radical (unpaired) electrons. The molecule has 0 atom stereocenters. The van der Waals surface area contributed by atoms with Crippen LogP contribution in [-0.4, -0.2) is 5.97 Å². The van der Waals surface area contributed by atoms with Crippen molar-refractivity contribution in [1.29, 1.82) is 0 Å². The zero-order valence-corrected chi connectivity index (χ0v) is 7.93. The summed E-state index contributed by atoms with van der Waals surface area (Å²) in [6.07, 6.45) is 3.28. The first-order chi connectivity index (χ1) is 3.30. The number of allylic oxidation sites excluding steroid dienone is 1. The molecule has 1 aliphatic rings. The largest absolute Gasteiger partial charge is 1.00 e. The van der Waals surface area contributed by atoms with Crippen molar-refractivity contribution in [3.05, 3.63) is 11.6 Å². The molecule has 0 spiro atoms. The van der Waals surface area contributed by atoms with E-state index in [2.05, 4.69) is 0 Å². The Bertz CT molecular complexity index is 128. The van der Waals surface area contributed by atoms with Crippen LogP contribution >= 0.6 is 0 Å². The van der Waals surface area contributed by atoms with E-state index in [1.54, 1.807) is 6.08 Å². The molecule has 0 saturated heterocycles. The van der Waals surface area contributed by atoms with Gasteiger partial charge in [0.25, 0.3) is 0 Å². The van der Waals surface area contributed by atoms with Gasteiger partial charge in [-0.25, -0.2) is 0 Å². The van der Waals surface area contributed by atoms with Crippen molar-refractivity contribution in [2.45, 2.75) is 12.8 Å². The third-order valence-corrected chi connectivity index (χ3v) is 1.07. The van der Waals surface area contributed by atoms with Crippen molar-refractivity contribution < 1.29 is 61.3 Å². The van der Waals surface area contributed by atoms with Crippen molar-refractivity contribution in [1.82, 2.24) is 0 Å². The number of carboxylic acid groups (broad SMARTS) is 1. The van der Waals surface area contributed by atoms with Gasteiger partial charge in [0.05, 0.1) is 5.97 Å². The predicted molar refractivity (Wildman–Crippen MR) is 22.3 cm³/mol. The van der Waals surface area contributed by atoms with E-state index >= 15 is 0 Å². The molecule has 38 valence electrons. The molecule has 0 heterocycles. The molecule has 0 saturated carbocycles. The fraction of sp³-hybridized carbons (Fsp3) is 0.400. The van der Waals surface area contributed by atoms with E-state index in [4.69, 9.17) is 0 Å². The Morgan fingerprint density at radius 3 is 2.25 bits per heavy atom. The van der Waals surface area contributed by atoms with Crippen molar-refractivity contribution in [2.24, 2.45) is 0 Å². The maximum absolute atomic E-state index is 9.80. The summed E-state index contributed by atoms with van der Waals surface area (Å²) in [5.74, 6) is -1.01. The molecule has 2 nitrogen and oxygen atoms in total. The standard InChI is InChI=1S/C5H6O2.K/c6-5(7)4-2-1-3-4;/h2H,1,3H2,(H,6,7);/q;+1/p-1. The van der Waals surface area contributed by atoms with E-state index in [0.717, 1.165) is 6.42 Å². The molecular weight excluding hydrogens is 131 g/mol. The molecule has 0 amide bonds. The van der Waals surface area contributed by atoms with Gasteiger partial charge in [0.1, 0.15) is 0 Å². The third-order valence-electron chi connectivity index (χ3n) is 1.07. The summed E-state index contributed by atoms with van der Waals surface area (Å²) in [5, 5.41) is 9.80. The van der Waals surface area contributed by atoms with Crippen LogP contribution in [0.4, 0.5) is 0 Å². The molecule has 0 aromatic carbocycles. The zero-order valence-electron chi connectivity index (χ0n) is 4.81. The number of carboxylic acids is 1. The maximum atomic E-state index is 9.80. The van der Waals surface area contributed by atoms with Crippen molar-refractivity contribution >= 4 is 5.97 Å². The molecule has 0 unspecified atom stereocenters. The Morgan fingerprint density at radius 1 is 1.75 bits per heavy atom. The topological polar surface area (TPSA) is 40.1 Å². The fourth-order valence-corrected chi connectivity index (χ4v) is 0.474. The number of carbonyl (C=O) groups is 1. The zero-order chi connectivity index (χ0) is 5.28. The summed E-state index contributed by atoms with van der Waals surface area (Å²) in [6.45, 7) is 0. The van der Waals surface area contributed by atoms with Gasteiger partial charge in [-0.2, -0.15) is 0 Å². The average molecular weight is 136 g/mol. The van der Waals surface area contributed by atoms with Gasteiger partial charge in [0, 0.05) is 0 Å². The summed E-state index contributed by atoms with van der Waals surface area (Å²) in [7, 11) is 0. The van der Waals surface area contributed by atoms with Crippen LogP contribution < -0.4 is 56.5 Å². The smallest absolute Gasteiger partial charge is 0.545 e. The third kappa shape index (κ3) is 1.99. The Kier molecular flexibility index (Phi) is 4.19. The van der Waals surface area contributed by atoms with Crippen molar-refractivity contribution in [3.63, 3.8) is 0 Å². The molecule has 8 heavy (non-hydrogen) atoms. The summed E-state index contributed by atoms with van der Waals surface area (Å²) in [4.78, 5) is 9.80. The van der Waals surface area contributed by atoms with Crippen LogP contribution in [0.15, 0.2) is 11.6 Å². The van der Waals surface area contributed by atoms with Crippen LogP contribution in [0.5, 0.6) is 0 Å². The average Bonchev–Trinajstić information content (AvgIpc) is 1.23. The second-order valence-corrected chi connectivity index (χ2v) is 1.56. The Labute approximate surface area is 90.4 Å². The van der Waals surface area contributed by atoms with Gasteiger partial charge in [-0.05, 0) is 18.4 Å². The monoisotopic (exact) mass is 136 g/mol. The van der Waals surface area contributed by atoms with Crippen LogP contribution in [0.25, 0.3) is 0 Å². The number of carbonyl (C=O) groups excluding carboxylic acids is 1. The van der Waals surface area contributed by atoms with Gasteiger partial charge < -0.3 is 9.90 Å². The number of hydrogen-bond acceptors (Lipinski definition) is 2. The molecular formula is C5H5KO2.